The molecule has 0 radical (unpaired) electrons. The number of aryl methyl sites for hydroxylation is 1. The van der Waals surface area contributed by atoms with E-state index in [1.807, 2.05) is 0 Å². The van der Waals surface area contributed by atoms with E-state index in [0.29, 0.717) is 11.1 Å². The van der Waals surface area contributed by atoms with Gasteiger partial charge in [-0.2, -0.15) is 0 Å². The van der Waals surface area contributed by atoms with Crippen molar-refractivity contribution in [1.82, 2.24) is 0 Å². The highest BCUT2D eigenvalue weighted by molar-refractivity contribution is 5.99. The second-order valence-electron chi connectivity index (χ2n) is 4.95. The Morgan fingerprint density at radius 1 is 1.41 bits per heavy atom. The Labute approximate surface area is 101 Å². The molecule has 0 saturated heterocycles. The fourth-order valence-corrected chi connectivity index (χ4v) is 2.59. The number of carbonyl (C=O) groups excluding carboxylic acids is 1. The molecule has 0 heterocycles. The van der Waals surface area contributed by atoms with Crippen molar-refractivity contribution in [3.8, 4) is 0 Å². The van der Waals surface area contributed by atoms with E-state index < -0.39 is 0 Å². The summed E-state index contributed by atoms with van der Waals surface area (Å²) in [4.78, 5) is 12.3. The number of Topliss-reactive ketones (excluding diaryl/α,β-unsaturated/α-hetero) is 1. The smallest absolute Gasteiger partial charge is 0.166 e. The zero-order chi connectivity index (χ0) is 12.4. The first-order chi connectivity index (χ1) is 8.08. The predicted molar refractivity (Wildman–Crippen MR) is 65.4 cm³/mol. The average molecular weight is 235 g/mol. The summed E-state index contributed by atoms with van der Waals surface area (Å²) in [5.74, 6) is -0.153. The fraction of sp³-hybridized carbons (Fsp3) is 0.500. The third-order valence-corrected chi connectivity index (χ3v) is 3.54. The van der Waals surface area contributed by atoms with Gasteiger partial charge in [0.1, 0.15) is 5.82 Å². The fourth-order valence-electron chi connectivity index (χ4n) is 2.59. The highest BCUT2D eigenvalue weighted by atomic mass is 19.1. The van der Waals surface area contributed by atoms with E-state index >= 15 is 0 Å². The van der Waals surface area contributed by atoms with E-state index in [1.165, 1.54) is 12.1 Å². The van der Waals surface area contributed by atoms with Crippen LogP contribution in [0, 0.1) is 18.7 Å². The van der Waals surface area contributed by atoms with Crippen molar-refractivity contribution in [2.24, 2.45) is 11.7 Å². The number of nitrogens with two attached hydrogens (primary N) is 1. The van der Waals surface area contributed by atoms with Crippen molar-refractivity contribution in [3.05, 3.63) is 35.1 Å². The number of hydrogen-bond donors (Lipinski definition) is 1. The Morgan fingerprint density at radius 2 is 2.18 bits per heavy atom. The molecule has 2 N–H and O–H groups in total. The summed E-state index contributed by atoms with van der Waals surface area (Å²) in [6, 6.07) is 4.49. The summed E-state index contributed by atoms with van der Waals surface area (Å²) in [6.45, 7) is 1.78. The molecule has 2 rings (SSSR count). The van der Waals surface area contributed by atoms with Crippen LogP contribution in [0.2, 0.25) is 0 Å². The van der Waals surface area contributed by atoms with E-state index in [0.717, 1.165) is 25.7 Å². The van der Waals surface area contributed by atoms with Gasteiger partial charge in [0.25, 0.3) is 0 Å². The Kier molecular flexibility index (Phi) is 3.57. The zero-order valence-corrected chi connectivity index (χ0v) is 10.1. The van der Waals surface area contributed by atoms with Crippen molar-refractivity contribution in [3.63, 3.8) is 0 Å². The van der Waals surface area contributed by atoms with E-state index in [4.69, 9.17) is 5.73 Å². The first-order valence-electron chi connectivity index (χ1n) is 6.14. The van der Waals surface area contributed by atoms with Crippen LogP contribution < -0.4 is 5.73 Å². The van der Waals surface area contributed by atoms with Crippen LogP contribution >= 0.6 is 0 Å². The Balaban J connectivity index is 2.18. The van der Waals surface area contributed by atoms with E-state index in [-0.39, 0.29) is 23.6 Å². The van der Waals surface area contributed by atoms with Crippen molar-refractivity contribution in [2.45, 2.75) is 38.6 Å². The molecule has 1 fully saturated rings. The van der Waals surface area contributed by atoms with Gasteiger partial charge in [0.2, 0.25) is 0 Å². The van der Waals surface area contributed by atoms with Gasteiger partial charge in [-0.1, -0.05) is 6.42 Å². The first kappa shape index (κ1) is 12.2. The van der Waals surface area contributed by atoms with Gasteiger partial charge in [-0.25, -0.2) is 4.39 Å². The first-order valence-corrected chi connectivity index (χ1v) is 6.14. The molecule has 1 aromatic rings. The minimum absolute atomic E-state index is 0.0166. The molecule has 0 bridgehead atoms. The van der Waals surface area contributed by atoms with Crippen molar-refractivity contribution in [1.29, 1.82) is 0 Å². The molecule has 0 amide bonds. The Morgan fingerprint density at radius 3 is 2.82 bits per heavy atom. The van der Waals surface area contributed by atoms with Crippen LogP contribution in [0.3, 0.4) is 0 Å². The minimum Gasteiger partial charge on any atom is -0.328 e. The number of halogens is 1. The van der Waals surface area contributed by atoms with Crippen LogP contribution in [0.15, 0.2) is 18.2 Å². The molecule has 1 saturated carbocycles. The van der Waals surface area contributed by atoms with Crippen molar-refractivity contribution < 1.29 is 9.18 Å². The van der Waals surface area contributed by atoms with E-state index in [1.54, 1.807) is 13.0 Å². The lowest BCUT2D eigenvalue weighted by atomic mass is 9.81. The van der Waals surface area contributed by atoms with Crippen molar-refractivity contribution >= 4 is 5.78 Å². The van der Waals surface area contributed by atoms with Gasteiger partial charge in [0, 0.05) is 17.5 Å². The van der Waals surface area contributed by atoms with E-state index in [2.05, 4.69) is 0 Å². The van der Waals surface area contributed by atoms with Gasteiger partial charge in [0.05, 0.1) is 0 Å². The highest BCUT2D eigenvalue weighted by Crippen LogP contribution is 2.27. The lowest BCUT2D eigenvalue weighted by Crippen LogP contribution is -2.31. The van der Waals surface area contributed by atoms with Gasteiger partial charge < -0.3 is 5.73 Å². The molecule has 92 valence electrons. The molecule has 3 heteroatoms. The highest BCUT2D eigenvalue weighted by Gasteiger charge is 2.26. The molecule has 0 spiro atoms. The molecule has 1 aliphatic rings. The number of carbonyl (C=O) groups is 1. The molecular weight excluding hydrogens is 217 g/mol. The maximum absolute atomic E-state index is 13.0. The normalized spacial score (nSPS) is 24.6. The van der Waals surface area contributed by atoms with Crippen LogP contribution in [0.5, 0.6) is 0 Å². The summed E-state index contributed by atoms with van der Waals surface area (Å²) < 4.78 is 13.0. The molecule has 0 aromatic heterocycles. The third kappa shape index (κ3) is 2.72. The number of benzene rings is 1. The van der Waals surface area contributed by atoms with Crippen LogP contribution in [-0.2, 0) is 0 Å². The molecule has 2 unspecified atom stereocenters. The maximum atomic E-state index is 13.0. The quantitative estimate of drug-likeness (QED) is 0.801. The largest absolute Gasteiger partial charge is 0.328 e. The van der Waals surface area contributed by atoms with Gasteiger partial charge >= 0.3 is 0 Å². The van der Waals surface area contributed by atoms with Gasteiger partial charge in [-0.3, -0.25) is 4.79 Å². The molecule has 2 nitrogen and oxygen atoms in total. The van der Waals surface area contributed by atoms with E-state index in [9.17, 15) is 9.18 Å². The zero-order valence-electron chi connectivity index (χ0n) is 10.1. The molecule has 0 aliphatic heterocycles. The second-order valence-corrected chi connectivity index (χ2v) is 4.95. The number of ketones is 1. The van der Waals surface area contributed by atoms with Gasteiger partial charge in [-0.05, 0) is 49.9 Å². The third-order valence-electron chi connectivity index (χ3n) is 3.54. The Bertz CT molecular complexity index is 430. The van der Waals surface area contributed by atoms with Crippen molar-refractivity contribution in [2.75, 3.05) is 0 Å². The van der Waals surface area contributed by atoms with Crippen LogP contribution in [0.1, 0.15) is 41.6 Å². The molecule has 1 aromatic carbocycles. The summed E-state index contributed by atoms with van der Waals surface area (Å²) in [7, 11) is 0. The van der Waals surface area contributed by atoms with Crippen LogP contribution in [0.25, 0.3) is 0 Å². The van der Waals surface area contributed by atoms with Crippen LogP contribution in [0.4, 0.5) is 4.39 Å². The maximum Gasteiger partial charge on any atom is 0.166 e. The minimum atomic E-state index is -0.292. The molecule has 1 aliphatic carbocycles. The van der Waals surface area contributed by atoms with Crippen LogP contribution in [-0.4, -0.2) is 11.8 Å². The average Bonchev–Trinajstić information content (AvgIpc) is 2.28. The lowest BCUT2D eigenvalue weighted by Gasteiger charge is -2.25. The monoisotopic (exact) mass is 235 g/mol. The topological polar surface area (TPSA) is 43.1 Å². The second kappa shape index (κ2) is 4.96. The molecular formula is C14H18FNO. The lowest BCUT2D eigenvalue weighted by molar-refractivity contribution is 0.0881. The number of rotatable bonds is 2. The molecule has 2 atom stereocenters. The number of hydrogen-bond acceptors (Lipinski definition) is 2. The summed E-state index contributed by atoms with van der Waals surface area (Å²) >= 11 is 0. The standard InChI is InChI=1S/C14H18FNO/c1-9-7-11(15)5-6-13(9)14(17)10-3-2-4-12(16)8-10/h5-7,10,12H,2-4,8,16H2,1H3. The summed E-state index contributed by atoms with van der Waals surface area (Å²) in [6.07, 6.45) is 3.68. The van der Waals surface area contributed by atoms with Gasteiger partial charge in [0.15, 0.2) is 5.78 Å². The summed E-state index contributed by atoms with van der Waals surface area (Å²) in [5.41, 5.74) is 7.25. The summed E-state index contributed by atoms with van der Waals surface area (Å²) in [5, 5.41) is 0. The Hall–Kier alpha value is -1.22. The SMILES string of the molecule is Cc1cc(F)ccc1C(=O)C1CCCC(N)C1. The van der Waals surface area contributed by atoms with Gasteiger partial charge in [-0.15, -0.1) is 0 Å². The predicted octanol–water partition coefficient (Wildman–Crippen LogP) is 2.83. The molecule has 17 heavy (non-hydrogen) atoms.